The Hall–Kier alpha value is -2.08. The number of amides is 2. The predicted molar refractivity (Wildman–Crippen MR) is 105 cm³/mol. The van der Waals surface area contributed by atoms with Gasteiger partial charge in [-0.15, -0.1) is 0 Å². The van der Waals surface area contributed by atoms with Crippen molar-refractivity contribution in [3.63, 3.8) is 0 Å². The summed E-state index contributed by atoms with van der Waals surface area (Å²) in [7, 11) is 0. The lowest BCUT2D eigenvalue weighted by Gasteiger charge is -2.38. The maximum absolute atomic E-state index is 13.5. The van der Waals surface area contributed by atoms with Crippen LogP contribution in [0.5, 0.6) is 0 Å². The second kappa shape index (κ2) is 6.48. The highest BCUT2D eigenvalue weighted by Crippen LogP contribution is 2.53. The first-order chi connectivity index (χ1) is 13.1. The topological polar surface area (TPSA) is 59.1 Å². The number of benzene rings is 1. The number of ether oxygens (including phenoxy) is 2. The molecule has 2 amide bonds. The Morgan fingerprint density at radius 1 is 1.14 bits per heavy atom. The first-order valence-electron chi connectivity index (χ1n) is 10.2. The summed E-state index contributed by atoms with van der Waals surface area (Å²) in [6.45, 7) is 8.56. The molecule has 0 radical (unpaired) electrons. The zero-order valence-corrected chi connectivity index (χ0v) is 17.2. The Bertz CT molecular complexity index is 764. The van der Waals surface area contributed by atoms with E-state index in [-0.39, 0.29) is 18.0 Å². The maximum Gasteiger partial charge on any atom is 0.410 e. The molecule has 0 bridgehead atoms. The van der Waals surface area contributed by atoms with Crippen LogP contribution < -0.4 is 0 Å². The molecule has 1 aromatic carbocycles. The van der Waals surface area contributed by atoms with Gasteiger partial charge in [0.15, 0.2) is 5.60 Å². The van der Waals surface area contributed by atoms with E-state index >= 15 is 0 Å². The van der Waals surface area contributed by atoms with Crippen molar-refractivity contribution in [3.05, 3.63) is 35.9 Å². The number of hydrogen-bond acceptors (Lipinski definition) is 4. The van der Waals surface area contributed by atoms with Gasteiger partial charge in [-0.2, -0.15) is 0 Å². The molecule has 3 aliphatic heterocycles. The van der Waals surface area contributed by atoms with Gasteiger partial charge in [0, 0.05) is 25.9 Å². The van der Waals surface area contributed by atoms with Crippen molar-refractivity contribution in [1.82, 2.24) is 9.80 Å². The quantitative estimate of drug-likeness (QED) is 0.735. The van der Waals surface area contributed by atoms with Crippen LogP contribution in [0.3, 0.4) is 0 Å². The zero-order chi connectivity index (χ0) is 20.2. The van der Waals surface area contributed by atoms with Crippen molar-refractivity contribution in [2.75, 3.05) is 13.1 Å². The van der Waals surface area contributed by atoms with Crippen LogP contribution in [0.4, 0.5) is 4.79 Å². The number of rotatable bonds is 1. The van der Waals surface area contributed by atoms with E-state index in [1.807, 2.05) is 50.8 Å². The molecule has 2 atom stereocenters. The Morgan fingerprint density at radius 2 is 1.79 bits per heavy atom. The second-order valence-electron chi connectivity index (χ2n) is 9.38. The van der Waals surface area contributed by atoms with Crippen molar-refractivity contribution in [3.8, 4) is 0 Å². The van der Waals surface area contributed by atoms with E-state index in [9.17, 15) is 9.59 Å². The fraction of sp³-hybridized carbons (Fsp3) is 0.636. The number of hydrogen-bond donors (Lipinski definition) is 0. The van der Waals surface area contributed by atoms with Gasteiger partial charge in [-0.05, 0) is 46.1 Å². The lowest BCUT2D eigenvalue weighted by molar-refractivity contribution is -0.149. The number of carbonyl (C=O) groups is 2. The van der Waals surface area contributed by atoms with Crippen molar-refractivity contribution in [2.45, 2.75) is 76.3 Å². The molecular formula is C22H30N2O4. The highest BCUT2D eigenvalue weighted by atomic mass is 16.6. The fourth-order valence-corrected chi connectivity index (χ4v) is 4.81. The van der Waals surface area contributed by atoms with Gasteiger partial charge < -0.3 is 19.3 Å². The molecule has 0 aromatic heterocycles. The predicted octanol–water partition coefficient (Wildman–Crippen LogP) is 3.87. The van der Waals surface area contributed by atoms with Gasteiger partial charge in [-0.25, -0.2) is 4.79 Å². The number of carbonyl (C=O) groups excluding carboxylic acids is 2. The summed E-state index contributed by atoms with van der Waals surface area (Å²) in [5.41, 5.74) is -0.747. The number of fused-ring (bicyclic) bond motifs is 1. The lowest BCUT2D eigenvalue weighted by atomic mass is 9.89. The SMILES string of the molecule is CC(C)(C)OC(=O)N1CCC2(CC1)O[C@]1(C)CC[C@@H](c3ccccc3)N1C2=O. The highest BCUT2D eigenvalue weighted by molar-refractivity contribution is 5.89. The molecule has 152 valence electrons. The number of likely N-dealkylation sites (tertiary alicyclic amines) is 1. The monoisotopic (exact) mass is 386 g/mol. The van der Waals surface area contributed by atoms with Gasteiger partial charge in [0.1, 0.15) is 11.3 Å². The second-order valence-corrected chi connectivity index (χ2v) is 9.38. The van der Waals surface area contributed by atoms with E-state index in [1.165, 1.54) is 0 Å². The van der Waals surface area contributed by atoms with Crippen LogP contribution in [0.25, 0.3) is 0 Å². The molecule has 3 fully saturated rings. The van der Waals surface area contributed by atoms with Crippen LogP contribution in [0.15, 0.2) is 30.3 Å². The van der Waals surface area contributed by atoms with Gasteiger partial charge in [0.25, 0.3) is 5.91 Å². The van der Waals surface area contributed by atoms with Gasteiger partial charge >= 0.3 is 6.09 Å². The van der Waals surface area contributed by atoms with E-state index in [1.54, 1.807) is 4.90 Å². The zero-order valence-electron chi connectivity index (χ0n) is 17.2. The fourth-order valence-electron chi connectivity index (χ4n) is 4.81. The Labute approximate surface area is 166 Å². The van der Waals surface area contributed by atoms with Crippen molar-refractivity contribution in [2.24, 2.45) is 0 Å². The van der Waals surface area contributed by atoms with Crippen LogP contribution in [-0.2, 0) is 14.3 Å². The summed E-state index contributed by atoms with van der Waals surface area (Å²) >= 11 is 0. The summed E-state index contributed by atoms with van der Waals surface area (Å²) in [6, 6.07) is 10.2. The number of nitrogens with zero attached hydrogens (tertiary/aromatic N) is 2. The van der Waals surface area contributed by atoms with Crippen molar-refractivity contribution < 1.29 is 19.1 Å². The van der Waals surface area contributed by atoms with Crippen molar-refractivity contribution in [1.29, 1.82) is 0 Å². The third kappa shape index (κ3) is 3.17. The van der Waals surface area contributed by atoms with E-state index < -0.39 is 16.9 Å². The highest BCUT2D eigenvalue weighted by Gasteiger charge is 2.63. The van der Waals surface area contributed by atoms with Crippen LogP contribution in [0.1, 0.15) is 65.0 Å². The van der Waals surface area contributed by atoms with Crippen LogP contribution in [0.2, 0.25) is 0 Å². The summed E-state index contributed by atoms with van der Waals surface area (Å²) in [6.07, 6.45) is 2.45. The number of piperidine rings is 1. The molecule has 1 aromatic rings. The Balaban J connectivity index is 1.49. The van der Waals surface area contributed by atoms with E-state index in [0.717, 1.165) is 18.4 Å². The molecule has 0 saturated carbocycles. The third-order valence-electron chi connectivity index (χ3n) is 6.13. The van der Waals surface area contributed by atoms with Gasteiger partial charge in [0.2, 0.25) is 0 Å². The maximum atomic E-state index is 13.5. The molecule has 28 heavy (non-hydrogen) atoms. The average Bonchev–Trinajstić information content (AvgIpc) is 3.06. The summed E-state index contributed by atoms with van der Waals surface area (Å²) in [5.74, 6) is 0.0743. The molecule has 0 aliphatic carbocycles. The largest absolute Gasteiger partial charge is 0.444 e. The Morgan fingerprint density at radius 3 is 2.39 bits per heavy atom. The molecule has 6 heteroatoms. The summed E-state index contributed by atoms with van der Waals surface area (Å²) in [5, 5.41) is 0. The van der Waals surface area contributed by atoms with E-state index in [4.69, 9.17) is 9.47 Å². The molecule has 6 nitrogen and oxygen atoms in total. The molecule has 4 rings (SSSR count). The van der Waals surface area contributed by atoms with Gasteiger partial charge in [-0.3, -0.25) is 4.79 Å². The first kappa shape index (κ1) is 19.2. The Kier molecular flexibility index (Phi) is 4.45. The third-order valence-corrected chi connectivity index (χ3v) is 6.13. The molecule has 0 unspecified atom stereocenters. The van der Waals surface area contributed by atoms with E-state index in [2.05, 4.69) is 12.1 Å². The minimum absolute atomic E-state index is 0.0574. The molecule has 3 aliphatic rings. The summed E-state index contributed by atoms with van der Waals surface area (Å²) in [4.78, 5) is 29.5. The molecule has 0 N–H and O–H groups in total. The minimum atomic E-state index is -0.819. The smallest absolute Gasteiger partial charge is 0.410 e. The van der Waals surface area contributed by atoms with Crippen LogP contribution in [-0.4, -0.2) is 51.8 Å². The van der Waals surface area contributed by atoms with Gasteiger partial charge in [-0.1, -0.05) is 30.3 Å². The standard InChI is InChI=1S/C22H30N2O4/c1-20(2,3)27-19(26)23-14-12-22(13-15-23)18(25)24-17(10-11-21(24,4)28-22)16-8-6-5-7-9-16/h5-9,17H,10-15H2,1-4H3/t17-,21+/m0/s1. The molecule has 1 spiro atoms. The minimum Gasteiger partial charge on any atom is -0.444 e. The van der Waals surface area contributed by atoms with E-state index in [0.29, 0.717) is 25.9 Å². The van der Waals surface area contributed by atoms with Crippen LogP contribution >= 0.6 is 0 Å². The lowest BCUT2D eigenvalue weighted by Crippen LogP contribution is -2.52. The molecule has 3 saturated heterocycles. The normalized spacial score (nSPS) is 29.3. The van der Waals surface area contributed by atoms with Gasteiger partial charge in [0.05, 0.1) is 6.04 Å². The first-order valence-corrected chi connectivity index (χ1v) is 10.2. The van der Waals surface area contributed by atoms with Crippen molar-refractivity contribution >= 4 is 12.0 Å². The average molecular weight is 386 g/mol. The molecular weight excluding hydrogens is 356 g/mol. The van der Waals surface area contributed by atoms with Crippen LogP contribution in [0, 0.1) is 0 Å². The molecule has 3 heterocycles. The summed E-state index contributed by atoms with van der Waals surface area (Å²) < 4.78 is 12.0.